The van der Waals surface area contributed by atoms with Crippen LogP contribution in [0.1, 0.15) is 17.0 Å². The van der Waals surface area contributed by atoms with Gasteiger partial charge in [-0.3, -0.25) is 9.67 Å². The molecular weight excluding hydrogens is 222 g/mol. The fourth-order valence-electron chi connectivity index (χ4n) is 2.29. The van der Waals surface area contributed by atoms with Gasteiger partial charge in [-0.2, -0.15) is 5.10 Å². The maximum Gasteiger partial charge on any atom is 0.0705 e. The van der Waals surface area contributed by atoms with Crippen molar-refractivity contribution in [1.82, 2.24) is 14.8 Å². The Morgan fingerprint density at radius 1 is 1.11 bits per heavy atom. The lowest BCUT2D eigenvalue weighted by Crippen LogP contribution is -2.04. The molecule has 0 aliphatic heterocycles. The summed E-state index contributed by atoms with van der Waals surface area (Å²) in [5.74, 6) is 0. The molecule has 2 heterocycles. The van der Waals surface area contributed by atoms with Crippen LogP contribution in [0.4, 0.5) is 0 Å². The Morgan fingerprint density at radius 3 is 2.72 bits per heavy atom. The number of rotatable bonds is 2. The van der Waals surface area contributed by atoms with Gasteiger partial charge in [-0.1, -0.05) is 18.2 Å². The lowest BCUT2D eigenvalue weighted by atomic mass is 10.1. The van der Waals surface area contributed by atoms with Crippen LogP contribution in [0.15, 0.2) is 42.6 Å². The number of benzene rings is 1. The molecular formula is C15H15N3. The van der Waals surface area contributed by atoms with E-state index in [1.807, 2.05) is 29.9 Å². The van der Waals surface area contributed by atoms with Crippen LogP contribution >= 0.6 is 0 Å². The topological polar surface area (TPSA) is 30.7 Å². The van der Waals surface area contributed by atoms with Crippen LogP contribution < -0.4 is 0 Å². The molecule has 0 aliphatic rings. The van der Waals surface area contributed by atoms with E-state index in [0.717, 1.165) is 17.8 Å². The van der Waals surface area contributed by atoms with Gasteiger partial charge < -0.3 is 0 Å². The smallest absolute Gasteiger partial charge is 0.0705 e. The summed E-state index contributed by atoms with van der Waals surface area (Å²) < 4.78 is 2.04. The van der Waals surface area contributed by atoms with Crippen LogP contribution in [-0.2, 0) is 6.54 Å². The van der Waals surface area contributed by atoms with Crippen LogP contribution in [0.25, 0.3) is 10.9 Å². The molecule has 3 heteroatoms. The first-order chi connectivity index (χ1) is 8.74. The minimum atomic E-state index is 0.794. The van der Waals surface area contributed by atoms with E-state index in [2.05, 4.69) is 41.3 Å². The van der Waals surface area contributed by atoms with Crippen molar-refractivity contribution in [2.75, 3.05) is 0 Å². The predicted octanol–water partition coefficient (Wildman–Crippen LogP) is 3.10. The highest BCUT2D eigenvalue weighted by molar-refractivity contribution is 5.81. The van der Waals surface area contributed by atoms with Crippen molar-refractivity contribution >= 4 is 10.9 Å². The lowest BCUT2D eigenvalue weighted by molar-refractivity contribution is 0.661. The van der Waals surface area contributed by atoms with Crippen molar-refractivity contribution in [2.45, 2.75) is 20.4 Å². The largest absolute Gasteiger partial charge is 0.265 e. The Bertz CT molecular complexity index is 693. The number of aryl methyl sites for hydroxylation is 2. The Balaban J connectivity index is 2.07. The van der Waals surface area contributed by atoms with E-state index in [1.165, 1.54) is 16.6 Å². The minimum Gasteiger partial charge on any atom is -0.265 e. The van der Waals surface area contributed by atoms with E-state index < -0.39 is 0 Å². The van der Waals surface area contributed by atoms with Crippen molar-refractivity contribution in [3.05, 3.63) is 59.5 Å². The third-order valence-corrected chi connectivity index (χ3v) is 3.16. The molecule has 0 aliphatic carbocycles. The molecule has 0 atom stereocenters. The molecule has 0 N–H and O–H groups in total. The van der Waals surface area contributed by atoms with E-state index in [4.69, 9.17) is 0 Å². The summed E-state index contributed by atoms with van der Waals surface area (Å²) >= 11 is 0. The van der Waals surface area contributed by atoms with Crippen LogP contribution in [0.3, 0.4) is 0 Å². The molecule has 3 aromatic rings. The molecule has 0 bridgehead atoms. The highest BCUT2D eigenvalue weighted by Gasteiger charge is 2.05. The minimum absolute atomic E-state index is 0.794. The van der Waals surface area contributed by atoms with Gasteiger partial charge in [-0.15, -0.1) is 0 Å². The standard InChI is InChI=1S/C15H15N3/c1-11-9-12(2)18(17-11)10-13-7-8-16-15-6-4-3-5-14(13)15/h3-9H,10H2,1-2H3. The Morgan fingerprint density at radius 2 is 1.94 bits per heavy atom. The first-order valence-corrected chi connectivity index (χ1v) is 6.08. The van der Waals surface area contributed by atoms with Gasteiger partial charge >= 0.3 is 0 Å². The van der Waals surface area contributed by atoms with Crippen LogP contribution in [0, 0.1) is 13.8 Å². The number of nitrogens with zero attached hydrogens (tertiary/aromatic N) is 3. The van der Waals surface area contributed by atoms with Gasteiger partial charge in [0.2, 0.25) is 0 Å². The van der Waals surface area contributed by atoms with Crippen LogP contribution in [-0.4, -0.2) is 14.8 Å². The van der Waals surface area contributed by atoms with Gasteiger partial charge in [-0.05, 0) is 37.6 Å². The first-order valence-electron chi connectivity index (χ1n) is 6.08. The Labute approximate surface area is 106 Å². The predicted molar refractivity (Wildman–Crippen MR) is 72.5 cm³/mol. The van der Waals surface area contributed by atoms with Crippen molar-refractivity contribution in [3.63, 3.8) is 0 Å². The molecule has 0 saturated carbocycles. The SMILES string of the molecule is Cc1cc(C)n(Cc2ccnc3ccccc23)n1. The number of para-hydroxylation sites is 1. The summed E-state index contributed by atoms with van der Waals surface area (Å²) in [7, 11) is 0. The van der Waals surface area contributed by atoms with E-state index in [-0.39, 0.29) is 0 Å². The van der Waals surface area contributed by atoms with Crippen LogP contribution in [0.2, 0.25) is 0 Å². The summed E-state index contributed by atoms with van der Waals surface area (Å²) in [4.78, 5) is 4.38. The third kappa shape index (κ3) is 1.88. The van der Waals surface area contributed by atoms with Gasteiger partial charge in [-0.25, -0.2) is 0 Å². The fraction of sp³-hybridized carbons (Fsp3) is 0.200. The van der Waals surface area contributed by atoms with Gasteiger partial charge in [0.05, 0.1) is 17.8 Å². The molecule has 0 spiro atoms. The number of fused-ring (bicyclic) bond motifs is 1. The second-order valence-electron chi connectivity index (χ2n) is 4.57. The molecule has 0 unspecified atom stereocenters. The summed E-state index contributed by atoms with van der Waals surface area (Å²) in [6.45, 7) is 4.90. The van der Waals surface area contributed by atoms with Crippen molar-refractivity contribution in [3.8, 4) is 0 Å². The van der Waals surface area contributed by atoms with E-state index >= 15 is 0 Å². The Hall–Kier alpha value is -2.16. The molecule has 90 valence electrons. The third-order valence-electron chi connectivity index (χ3n) is 3.16. The van der Waals surface area contributed by atoms with E-state index in [9.17, 15) is 0 Å². The van der Waals surface area contributed by atoms with Crippen molar-refractivity contribution in [1.29, 1.82) is 0 Å². The second-order valence-corrected chi connectivity index (χ2v) is 4.57. The van der Waals surface area contributed by atoms with Gasteiger partial charge in [0.25, 0.3) is 0 Å². The molecule has 3 rings (SSSR count). The quantitative estimate of drug-likeness (QED) is 0.685. The normalized spacial score (nSPS) is 11.0. The zero-order valence-corrected chi connectivity index (χ0v) is 10.6. The van der Waals surface area contributed by atoms with E-state index in [0.29, 0.717) is 0 Å². The molecule has 18 heavy (non-hydrogen) atoms. The molecule has 3 nitrogen and oxygen atoms in total. The lowest BCUT2D eigenvalue weighted by Gasteiger charge is -2.07. The molecule has 2 aromatic heterocycles. The molecule has 0 fully saturated rings. The molecule has 1 aromatic carbocycles. The van der Waals surface area contributed by atoms with E-state index in [1.54, 1.807) is 0 Å². The highest BCUT2D eigenvalue weighted by atomic mass is 15.3. The van der Waals surface area contributed by atoms with Gasteiger partial charge in [0.15, 0.2) is 0 Å². The zero-order valence-electron chi connectivity index (χ0n) is 10.6. The molecule has 0 saturated heterocycles. The first kappa shape index (κ1) is 11.0. The van der Waals surface area contributed by atoms with Crippen molar-refractivity contribution < 1.29 is 0 Å². The highest BCUT2D eigenvalue weighted by Crippen LogP contribution is 2.17. The summed E-state index contributed by atoms with van der Waals surface area (Å²) in [6, 6.07) is 12.4. The molecule has 0 amide bonds. The summed E-state index contributed by atoms with van der Waals surface area (Å²) in [5.41, 5.74) is 4.54. The number of hydrogen-bond donors (Lipinski definition) is 0. The average molecular weight is 237 g/mol. The monoisotopic (exact) mass is 237 g/mol. The number of aromatic nitrogens is 3. The zero-order chi connectivity index (χ0) is 12.5. The second kappa shape index (κ2) is 4.26. The van der Waals surface area contributed by atoms with Crippen LogP contribution in [0.5, 0.6) is 0 Å². The summed E-state index contributed by atoms with van der Waals surface area (Å²) in [5, 5.41) is 5.71. The maximum absolute atomic E-state index is 4.51. The van der Waals surface area contributed by atoms with Gasteiger partial charge in [0.1, 0.15) is 0 Å². The fourth-order valence-corrected chi connectivity index (χ4v) is 2.29. The molecule has 0 radical (unpaired) electrons. The van der Waals surface area contributed by atoms with Crippen molar-refractivity contribution in [2.24, 2.45) is 0 Å². The summed E-state index contributed by atoms with van der Waals surface area (Å²) in [6.07, 6.45) is 1.86. The maximum atomic E-state index is 4.51. The number of hydrogen-bond acceptors (Lipinski definition) is 2. The van der Waals surface area contributed by atoms with Gasteiger partial charge in [0, 0.05) is 17.3 Å². The number of pyridine rings is 1. The Kier molecular flexibility index (Phi) is 2.59. The average Bonchev–Trinajstić information content (AvgIpc) is 2.68.